The van der Waals surface area contributed by atoms with Gasteiger partial charge in [0.15, 0.2) is 5.65 Å². The average molecular weight is 676 g/mol. The van der Waals surface area contributed by atoms with Crippen molar-refractivity contribution in [3.05, 3.63) is 71.6 Å². The average Bonchev–Trinajstić information content (AvgIpc) is 3.60. The molecule has 11 nitrogen and oxygen atoms in total. The van der Waals surface area contributed by atoms with Crippen molar-refractivity contribution < 1.29 is 14.3 Å². The van der Waals surface area contributed by atoms with Gasteiger partial charge >= 0.3 is 0 Å². The van der Waals surface area contributed by atoms with Crippen LogP contribution in [0.4, 0.5) is 22.9 Å². The highest BCUT2D eigenvalue weighted by Gasteiger charge is 2.24. The van der Waals surface area contributed by atoms with E-state index in [0.717, 1.165) is 49.1 Å². The van der Waals surface area contributed by atoms with Crippen molar-refractivity contribution >= 4 is 68.5 Å². The minimum absolute atomic E-state index is 0.303. The highest BCUT2D eigenvalue weighted by molar-refractivity contribution is 6.41. The lowest BCUT2D eigenvalue weighted by Crippen LogP contribution is -2.43. The van der Waals surface area contributed by atoms with Crippen molar-refractivity contribution in [3.8, 4) is 22.6 Å². The molecule has 1 amide bonds. The fourth-order valence-corrected chi connectivity index (χ4v) is 6.74. The van der Waals surface area contributed by atoms with E-state index in [-0.39, 0.29) is 5.91 Å². The molecule has 0 unspecified atom stereocenters. The van der Waals surface area contributed by atoms with Gasteiger partial charge in [0.05, 0.1) is 41.2 Å². The Morgan fingerprint density at radius 3 is 2.45 bits per heavy atom. The lowest BCUT2D eigenvalue weighted by molar-refractivity contribution is -0.111. The van der Waals surface area contributed by atoms with E-state index in [1.807, 2.05) is 24.3 Å². The SMILES string of the molecule is C=CC(=O)Nc1cc(N2CCC(N(C)CC)CC2)ccc1Nc1cc2c(cn1)cc(-c1c(Cl)c(OC)cc(OC)c1Cl)c1ncnn12. The van der Waals surface area contributed by atoms with Crippen LogP contribution in [0.3, 0.4) is 0 Å². The summed E-state index contributed by atoms with van der Waals surface area (Å²) in [6.07, 6.45) is 6.63. The highest BCUT2D eigenvalue weighted by Crippen LogP contribution is 2.47. The molecule has 0 radical (unpaired) electrons. The van der Waals surface area contributed by atoms with Crippen LogP contribution in [-0.2, 0) is 4.79 Å². The first-order valence-corrected chi connectivity index (χ1v) is 16.0. The largest absolute Gasteiger partial charge is 0.495 e. The minimum atomic E-state index is -0.303. The number of pyridine rings is 2. The number of piperidine rings is 1. The number of ether oxygens (including phenoxy) is 2. The smallest absolute Gasteiger partial charge is 0.247 e. The summed E-state index contributed by atoms with van der Waals surface area (Å²) in [7, 11) is 5.24. The van der Waals surface area contributed by atoms with Crippen LogP contribution >= 0.6 is 23.2 Å². The van der Waals surface area contributed by atoms with Crippen LogP contribution in [-0.4, -0.2) is 77.3 Å². The zero-order chi connectivity index (χ0) is 33.2. The minimum Gasteiger partial charge on any atom is -0.495 e. The fraction of sp³-hybridized carbons (Fsp3) is 0.294. The van der Waals surface area contributed by atoms with Crippen LogP contribution in [0.25, 0.3) is 27.7 Å². The van der Waals surface area contributed by atoms with E-state index >= 15 is 0 Å². The van der Waals surface area contributed by atoms with Gasteiger partial charge in [0.25, 0.3) is 0 Å². The molecule has 0 atom stereocenters. The van der Waals surface area contributed by atoms with E-state index in [4.69, 9.17) is 37.7 Å². The Balaban J connectivity index is 1.36. The Morgan fingerprint density at radius 2 is 1.79 bits per heavy atom. The summed E-state index contributed by atoms with van der Waals surface area (Å²) in [6.45, 7) is 8.74. The maximum Gasteiger partial charge on any atom is 0.247 e. The molecule has 6 rings (SSSR count). The van der Waals surface area contributed by atoms with E-state index in [1.54, 1.807) is 16.8 Å². The molecular weight excluding hydrogens is 639 g/mol. The number of halogens is 2. The highest BCUT2D eigenvalue weighted by atomic mass is 35.5. The van der Waals surface area contributed by atoms with Gasteiger partial charge in [-0.3, -0.25) is 4.79 Å². The number of carbonyl (C=O) groups excluding carboxylic acids is 1. The van der Waals surface area contributed by atoms with Crippen LogP contribution in [0.5, 0.6) is 11.5 Å². The molecule has 1 aliphatic heterocycles. The summed E-state index contributed by atoms with van der Waals surface area (Å²) in [6, 6.07) is 12.0. The molecule has 1 aliphatic rings. The van der Waals surface area contributed by atoms with Gasteiger partial charge in [-0.25, -0.2) is 14.5 Å². The van der Waals surface area contributed by atoms with Gasteiger partial charge in [0, 0.05) is 59.7 Å². The van der Waals surface area contributed by atoms with Crippen molar-refractivity contribution in [3.63, 3.8) is 0 Å². The summed E-state index contributed by atoms with van der Waals surface area (Å²) in [5.74, 6) is 1.07. The predicted molar refractivity (Wildman–Crippen MR) is 189 cm³/mol. The number of carbonyl (C=O) groups is 1. The molecule has 2 aromatic carbocycles. The van der Waals surface area contributed by atoms with Gasteiger partial charge in [0.1, 0.15) is 23.6 Å². The van der Waals surface area contributed by atoms with Crippen molar-refractivity contribution in [1.82, 2.24) is 24.5 Å². The number of anilines is 4. The van der Waals surface area contributed by atoms with E-state index in [0.29, 0.717) is 61.6 Å². The topological polar surface area (TPSA) is 109 Å². The Labute approximate surface area is 283 Å². The number of hydrogen-bond acceptors (Lipinski definition) is 9. The Bertz CT molecular complexity index is 1940. The predicted octanol–water partition coefficient (Wildman–Crippen LogP) is 7.06. The second-order valence-electron chi connectivity index (χ2n) is 11.3. The lowest BCUT2D eigenvalue weighted by atomic mass is 10.0. The molecule has 244 valence electrons. The van der Waals surface area contributed by atoms with Crippen molar-refractivity contribution in [2.24, 2.45) is 0 Å². The first-order valence-electron chi connectivity index (χ1n) is 15.3. The molecule has 0 aliphatic carbocycles. The Hall–Kier alpha value is -4.58. The number of rotatable bonds is 10. The van der Waals surface area contributed by atoms with Crippen LogP contribution in [0.15, 0.2) is 61.6 Å². The number of benzene rings is 2. The molecule has 0 saturated carbocycles. The third kappa shape index (κ3) is 6.26. The third-order valence-corrected chi connectivity index (χ3v) is 9.48. The molecule has 47 heavy (non-hydrogen) atoms. The number of amides is 1. The van der Waals surface area contributed by atoms with Crippen LogP contribution in [0.1, 0.15) is 19.8 Å². The zero-order valence-electron chi connectivity index (χ0n) is 26.7. The molecule has 2 N–H and O–H groups in total. The first kappa shape index (κ1) is 32.4. The molecule has 1 fully saturated rings. The van der Waals surface area contributed by atoms with Crippen molar-refractivity contribution in [2.45, 2.75) is 25.8 Å². The van der Waals surface area contributed by atoms with E-state index < -0.39 is 0 Å². The second kappa shape index (κ2) is 13.6. The molecule has 0 bridgehead atoms. The number of nitrogens with one attached hydrogen (secondary N) is 2. The maximum absolute atomic E-state index is 12.4. The number of aromatic nitrogens is 4. The summed E-state index contributed by atoms with van der Waals surface area (Å²) in [4.78, 5) is 26.4. The van der Waals surface area contributed by atoms with Crippen molar-refractivity contribution in [1.29, 1.82) is 0 Å². The first-order chi connectivity index (χ1) is 22.8. The zero-order valence-corrected chi connectivity index (χ0v) is 28.2. The van der Waals surface area contributed by atoms with Crippen LogP contribution in [0, 0.1) is 0 Å². The lowest BCUT2D eigenvalue weighted by Gasteiger charge is -2.37. The van der Waals surface area contributed by atoms with E-state index in [1.165, 1.54) is 26.6 Å². The molecule has 0 spiro atoms. The van der Waals surface area contributed by atoms with Gasteiger partial charge in [-0.05, 0) is 56.8 Å². The van der Waals surface area contributed by atoms with Crippen LogP contribution in [0.2, 0.25) is 10.0 Å². The van der Waals surface area contributed by atoms with Gasteiger partial charge in [0.2, 0.25) is 5.91 Å². The summed E-state index contributed by atoms with van der Waals surface area (Å²) >= 11 is 13.5. The van der Waals surface area contributed by atoms with Crippen LogP contribution < -0.4 is 25.0 Å². The quantitative estimate of drug-likeness (QED) is 0.151. The molecule has 4 heterocycles. The number of fused-ring (bicyclic) bond motifs is 3. The standard InChI is InChI=1S/C34H36Cl2N8O3/c1-6-30(45)41-25-15-22(43-12-10-21(11-13-43)42(3)7-2)8-9-24(25)40-29-16-26-20(18-37-29)14-23(34-38-19-39-44(26)34)31-32(35)27(46-4)17-28(47-5)33(31)36/h6,8-9,14-19,21H,1,7,10-13H2,2-5H3,(H,37,40)(H,41,45). The molecular formula is C34H36Cl2N8O3. The Kier molecular flexibility index (Phi) is 9.40. The molecule has 13 heteroatoms. The monoisotopic (exact) mass is 674 g/mol. The summed E-state index contributed by atoms with van der Waals surface area (Å²) in [5.41, 5.74) is 4.78. The van der Waals surface area contributed by atoms with Gasteiger partial charge in [-0.15, -0.1) is 0 Å². The van der Waals surface area contributed by atoms with Gasteiger partial charge in [-0.2, -0.15) is 5.10 Å². The molecule has 5 aromatic rings. The summed E-state index contributed by atoms with van der Waals surface area (Å²) in [5, 5.41) is 12.3. The number of methoxy groups -OCH3 is 2. The van der Waals surface area contributed by atoms with E-state index in [2.05, 4.69) is 57.1 Å². The number of hydrogen-bond donors (Lipinski definition) is 2. The fourth-order valence-electron chi connectivity index (χ4n) is 6.03. The van der Waals surface area contributed by atoms with Gasteiger partial charge in [-0.1, -0.05) is 36.7 Å². The molecule has 1 saturated heterocycles. The second-order valence-corrected chi connectivity index (χ2v) is 12.1. The number of nitrogens with zero attached hydrogens (tertiary/aromatic N) is 6. The Morgan fingerprint density at radius 1 is 1.06 bits per heavy atom. The van der Waals surface area contributed by atoms with Crippen molar-refractivity contribution in [2.75, 3.05) is 56.4 Å². The van der Waals surface area contributed by atoms with E-state index in [9.17, 15) is 4.79 Å². The molecule has 3 aromatic heterocycles. The summed E-state index contributed by atoms with van der Waals surface area (Å²) < 4.78 is 12.7. The third-order valence-electron chi connectivity index (χ3n) is 8.73. The normalized spacial score (nSPS) is 13.7. The van der Waals surface area contributed by atoms with Gasteiger partial charge < -0.3 is 29.9 Å². The maximum atomic E-state index is 12.4.